The van der Waals surface area contributed by atoms with Crippen molar-refractivity contribution in [3.63, 3.8) is 0 Å². The summed E-state index contributed by atoms with van der Waals surface area (Å²) in [5.74, 6) is 0.142. The Labute approximate surface area is 132 Å². The smallest absolute Gasteiger partial charge is 0.226 e. The lowest BCUT2D eigenvalue weighted by molar-refractivity contribution is -0.129. The first kappa shape index (κ1) is 15.0. The molecule has 3 rings (SSSR count). The zero-order valence-corrected chi connectivity index (χ0v) is 14.0. The Hall–Kier alpha value is -1.89. The summed E-state index contributed by atoms with van der Waals surface area (Å²) in [5.41, 5.74) is 1.27. The molecule has 0 bridgehead atoms. The van der Waals surface area contributed by atoms with E-state index in [-0.39, 0.29) is 28.2 Å². The van der Waals surface area contributed by atoms with Crippen molar-refractivity contribution >= 4 is 11.5 Å². The van der Waals surface area contributed by atoms with Crippen LogP contribution in [0.15, 0.2) is 29.2 Å². The van der Waals surface area contributed by atoms with Crippen molar-refractivity contribution in [1.82, 2.24) is 5.01 Å². The van der Waals surface area contributed by atoms with Crippen molar-refractivity contribution in [1.29, 1.82) is 0 Å². The van der Waals surface area contributed by atoms with Crippen molar-refractivity contribution in [2.75, 3.05) is 7.05 Å². The molecule has 22 heavy (non-hydrogen) atoms. The third kappa shape index (κ3) is 1.52. The Morgan fingerprint density at radius 2 is 2.05 bits per heavy atom. The second-order valence-electron chi connectivity index (χ2n) is 7.82. The van der Waals surface area contributed by atoms with Crippen molar-refractivity contribution in [2.45, 2.75) is 40.5 Å². The van der Waals surface area contributed by atoms with E-state index in [9.17, 15) is 4.79 Å². The molecule has 0 aromatic rings. The highest BCUT2D eigenvalue weighted by Crippen LogP contribution is 2.61. The molecule has 1 unspecified atom stereocenters. The van der Waals surface area contributed by atoms with Crippen LogP contribution in [-0.2, 0) is 4.79 Å². The van der Waals surface area contributed by atoms with Gasteiger partial charge in [-0.3, -0.25) is 5.01 Å². The highest BCUT2D eigenvalue weighted by Gasteiger charge is 2.61. The van der Waals surface area contributed by atoms with Gasteiger partial charge in [-0.05, 0) is 25.7 Å². The minimum atomic E-state index is -0.532. The first-order valence-corrected chi connectivity index (χ1v) is 7.77. The van der Waals surface area contributed by atoms with E-state index in [4.69, 9.17) is 11.7 Å². The maximum Gasteiger partial charge on any atom is 0.226 e. The van der Waals surface area contributed by atoms with Crippen LogP contribution in [-0.4, -0.2) is 23.6 Å². The number of hydrogen-bond acceptors (Lipinski definition) is 3. The molecule has 1 heterocycles. The SMILES string of the molecule is [C-]#[N+]C1=C[C@]2(C)C3=NN(C)C(=C)C3(C)CC[C@H]2C(C)(C)C1=O. The van der Waals surface area contributed by atoms with Crippen molar-refractivity contribution in [3.05, 3.63) is 35.5 Å². The van der Waals surface area contributed by atoms with Crippen LogP contribution in [0.5, 0.6) is 0 Å². The maximum atomic E-state index is 12.6. The zero-order chi connectivity index (χ0) is 16.5. The van der Waals surface area contributed by atoms with Gasteiger partial charge in [0.05, 0.1) is 12.3 Å². The van der Waals surface area contributed by atoms with Gasteiger partial charge in [0.15, 0.2) is 5.78 Å². The van der Waals surface area contributed by atoms with Gasteiger partial charge in [0, 0.05) is 29.0 Å². The van der Waals surface area contributed by atoms with Gasteiger partial charge < -0.3 is 4.79 Å². The van der Waals surface area contributed by atoms with Crippen LogP contribution in [0.1, 0.15) is 40.5 Å². The topological polar surface area (TPSA) is 37.0 Å². The van der Waals surface area contributed by atoms with Gasteiger partial charge >= 0.3 is 0 Å². The lowest BCUT2D eigenvalue weighted by atomic mass is 9.48. The number of allylic oxidation sites excluding steroid dienone is 3. The summed E-state index contributed by atoms with van der Waals surface area (Å²) in [5, 5.41) is 6.63. The number of fused-ring (bicyclic) bond motifs is 3. The number of Topliss-reactive ketones (excluding diaryl/α,β-unsaturated/α-hetero) is 1. The molecule has 0 saturated heterocycles. The second-order valence-corrected chi connectivity index (χ2v) is 7.82. The fourth-order valence-electron chi connectivity index (χ4n) is 4.88. The third-order valence-corrected chi connectivity index (χ3v) is 6.21. The molecule has 0 N–H and O–H groups in total. The van der Waals surface area contributed by atoms with E-state index in [1.165, 1.54) is 0 Å². The van der Waals surface area contributed by atoms with Crippen LogP contribution in [0, 0.1) is 28.7 Å². The Bertz CT molecular complexity index is 694. The molecular formula is C18H23N3O. The van der Waals surface area contributed by atoms with Crippen LogP contribution in [0.2, 0.25) is 0 Å². The van der Waals surface area contributed by atoms with E-state index in [2.05, 4.69) is 25.3 Å². The van der Waals surface area contributed by atoms with Gasteiger partial charge in [-0.15, -0.1) is 0 Å². The van der Waals surface area contributed by atoms with Gasteiger partial charge in [0.25, 0.3) is 0 Å². The molecule has 0 amide bonds. The molecular weight excluding hydrogens is 274 g/mol. The molecule has 2 aliphatic carbocycles. The van der Waals surface area contributed by atoms with Gasteiger partial charge in [0.1, 0.15) is 0 Å². The lowest BCUT2D eigenvalue weighted by Gasteiger charge is -2.54. The number of carbonyl (C=O) groups is 1. The normalized spacial score (nSPS) is 39.6. The molecule has 0 spiro atoms. The molecule has 4 nitrogen and oxygen atoms in total. The van der Waals surface area contributed by atoms with Crippen LogP contribution in [0.4, 0.5) is 0 Å². The van der Waals surface area contributed by atoms with Crippen molar-refractivity contribution in [2.24, 2.45) is 27.3 Å². The molecule has 116 valence electrons. The summed E-state index contributed by atoms with van der Waals surface area (Å²) in [6, 6.07) is 0. The third-order valence-electron chi connectivity index (χ3n) is 6.21. The Kier molecular flexibility index (Phi) is 2.80. The second kappa shape index (κ2) is 4.10. The summed E-state index contributed by atoms with van der Waals surface area (Å²) in [6.07, 6.45) is 3.77. The molecule has 1 saturated carbocycles. The predicted molar refractivity (Wildman–Crippen MR) is 86.7 cm³/mol. The summed E-state index contributed by atoms with van der Waals surface area (Å²) in [4.78, 5) is 16.1. The molecule has 1 fully saturated rings. The van der Waals surface area contributed by atoms with Gasteiger partial charge in [-0.1, -0.05) is 33.4 Å². The fourth-order valence-corrected chi connectivity index (χ4v) is 4.88. The van der Waals surface area contributed by atoms with Crippen LogP contribution in [0.25, 0.3) is 4.85 Å². The van der Waals surface area contributed by atoms with Gasteiger partial charge in [-0.2, -0.15) is 5.10 Å². The minimum Gasteiger partial charge on any atom is -0.307 e. The number of nitrogens with zero attached hydrogens (tertiary/aromatic N) is 3. The van der Waals surface area contributed by atoms with E-state index < -0.39 is 5.41 Å². The minimum absolute atomic E-state index is 0.0284. The maximum absolute atomic E-state index is 12.6. The number of ketones is 1. The average molecular weight is 297 g/mol. The van der Waals surface area contributed by atoms with E-state index in [0.29, 0.717) is 0 Å². The van der Waals surface area contributed by atoms with Crippen molar-refractivity contribution < 1.29 is 4.79 Å². The summed E-state index contributed by atoms with van der Waals surface area (Å²) < 4.78 is 0. The Morgan fingerprint density at radius 1 is 1.41 bits per heavy atom. The van der Waals surface area contributed by atoms with Crippen molar-refractivity contribution in [3.8, 4) is 0 Å². The Morgan fingerprint density at radius 3 is 2.64 bits per heavy atom. The van der Waals surface area contributed by atoms with Gasteiger partial charge in [-0.25, -0.2) is 4.85 Å². The highest BCUT2D eigenvalue weighted by atomic mass is 16.1. The first-order valence-electron chi connectivity index (χ1n) is 7.77. The number of rotatable bonds is 0. The monoisotopic (exact) mass is 297 g/mol. The van der Waals surface area contributed by atoms with Crippen LogP contribution in [0.3, 0.4) is 0 Å². The number of hydrogen-bond donors (Lipinski definition) is 0. The predicted octanol–water partition coefficient (Wildman–Crippen LogP) is 3.64. The molecule has 3 atom stereocenters. The van der Waals surface area contributed by atoms with Crippen LogP contribution < -0.4 is 0 Å². The molecule has 3 aliphatic rings. The number of hydrazone groups is 1. The first-order chi connectivity index (χ1) is 10.1. The number of carbonyl (C=O) groups excluding carboxylic acids is 1. The lowest BCUT2D eigenvalue weighted by Crippen LogP contribution is -2.56. The summed E-state index contributed by atoms with van der Waals surface area (Å²) in [6.45, 7) is 19.9. The van der Waals surface area contributed by atoms with E-state index in [1.807, 2.05) is 32.0 Å². The molecule has 0 aromatic carbocycles. The molecule has 0 aromatic heterocycles. The summed E-state index contributed by atoms with van der Waals surface area (Å²) in [7, 11) is 1.93. The quantitative estimate of drug-likeness (QED) is 0.640. The Balaban J connectivity index is 2.25. The molecule has 1 aliphatic heterocycles. The average Bonchev–Trinajstić information content (AvgIpc) is 2.68. The van der Waals surface area contributed by atoms with E-state index in [0.717, 1.165) is 24.3 Å². The van der Waals surface area contributed by atoms with Gasteiger partial charge in [0.2, 0.25) is 5.70 Å². The highest BCUT2D eigenvalue weighted by molar-refractivity contribution is 6.08. The van der Waals surface area contributed by atoms with Crippen LogP contribution >= 0.6 is 0 Å². The largest absolute Gasteiger partial charge is 0.307 e. The summed E-state index contributed by atoms with van der Waals surface area (Å²) >= 11 is 0. The fraction of sp³-hybridized carbons (Fsp3) is 0.611. The van der Waals surface area contributed by atoms with E-state index in [1.54, 1.807) is 0 Å². The molecule has 4 heteroatoms. The molecule has 0 radical (unpaired) electrons. The zero-order valence-electron chi connectivity index (χ0n) is 14.0. The standard InChI is InChI=1S/C18H23N3O/c1-11-17(4)9-8-13-16(2,3)14(22)12(19-6)10-18(13,5)15(17)20-21(11)7/h10,13H,1,8-9H2,2-5,7H3/t13-,17?,18-/m0/s1. The van der Waals surface area contributed by atoms with E-state index >= 15 is 0 Å².